The van der Waals surface area contributed by atoms with E-state index < -0.39 is 0 Å². The van der Waals surface area contributed by atoms with Gasteiger partial charge in [-0.15, -0.1) is 0 Å². The maximum absolute atomic E-state index is 11.9. The van der Waals surface area contributed by atoms with Gasteiger partial charge >= 0.3 is 0 Å². The average Bonchev–Trinajstić information content (AvgIpc) is 2.34. The van der Waals surface area contributed by atoms with Crippen LogP contribution >= 0.6 is 22.6 Å². The summed E-state index contributed by atoms with van der Waals surface area (Å²) in [5.74, 6) is 0.0159. The third-order valence-corrected chi connectivity index (χ3v) is 3.23. The van der Waals surface area contributed by atoms with E-state index in [0.717, 1.165) is 35.1 Å². The second-order valence-electron chi connectivity index (χ2n) is 4.10. The number of unbranched alkanes of at least 4 members (excludes halogenated alkanes) is 1. The number of benzene rings is 1. The Morgan fingerprint density at radius 2 is 2.12 bits per heavy atom. The fourth-order valence-electron chi connectivity index (χ4n) is 1.45. The molecule has 0 aliphatic heterocycles. The number of alkyl halides is 1. The lowest BCUT2D eigenvalue weighted by molar-refractivity contribution is 0.0953. The van der Waals surface area contributed by atoms with E-state index in [9.17, 15) is 4.79 Å². The molecule has 0 saturated carbocycles. The smallest absolute Gasteiger partial charge is 0.251 e. The summed E-state index contributed by atoms with van der Waals surface area (Å²) in [5, 5.41) is 2.94. The van der Waals surface area contributed by atoms with Gasteiger partial charge in [-0.2, -0.15) is 0 Å². The number of halogens is 1. The zero-order valence-corrected chi connectivity index (χ0v) is 12.5. The number of rotatable bonds is 6. The van der Waals surface area contributed by atoms with Crippen molar-refractivity contribution in [3.8, 4) is 0 Å². The van der Waals surface area contributed by atoms with Crippen LogP contribution in [0.2, 0.25) is 0 Å². The van der Waals surface area contributed by atoms with Crippen LogP contribution < -0.4 is 10.2 Å². The van der Waals surface area contributed by atoms with Crippen molar-refractivity contribution in [2.45, 2.75) is 12.8 Å². The summed E-state index contributed by atoms with van der Waals surface area (Å²) in [6.45, 7) is 0.758. The van der Waals surface area contributed by atoms with Crippen LogP contribution in [0.5, 0.6) is 0 Å². The Morgan fingerprint density at radius 3 is 2.76 bits per heavy atom. The van der Waals surface area contributed by atoms with E-state index in [1.165, 1.54) is 0 Å². The van der Waals surface area contributed by atoms with Gasteiger partial charge in [0.15, 0.2) is 0 Å². The normalized spacial score (nSPS) is 10.1. The van der Waals surface area contributed by atoms with E-state index in [4.69, 9.17) is 0 Å². The second-order valence-corrected chi connectivity index (χ2v) is 5.18. The third kappa shape index (κ3) is 4.93. The molecule has 0 saturated heterocycles. The van der Waals surface area contributed by atoms with Crippen LogP contribution in [0.3, 0.4) is 0 Å². The molecule has 1 aromatic rings. The van der Waals surface area contributed by atoms with E-state index in [0.29, 0.717) is 0 Å². The number of amides is 1. The molecular weight excluding hydrogens is 327 g/mol. The number of carbonyl (C=O) groups excluding carboxylic acids is 1. The minimum absolute atomic E-state index is 0.0159. The Hall–Kier alpha value is -0.780. The van der Waals surface area contributed by atoms with Crippen molar-refractivity contribution >= 4 is 34.2 Å². The van der Waals surface area contributed by atoms with Crippen molar-refractivity contribution < 1.29 is 4.79 Å². The summed E-state index contributed by atoms with van der Waals surface area (Å²) in [6, 6.07) is 7.66. The number of anilines is 1. The van der Waals surface area contributed by atoms with E-state index in [1.54, 1.807) is 0 Å². The van der Waals surface area contributed by atoms with Crippen LogP contribution in [0.1, 0.15) is 23.2 Å². The first kappa shape index (κ1) is 14.3. The van der Waals surface area contributed by atoms with Crippen LogP contribution in [0, 0.1) is 0 Å². The van der Waals surface area contributed by atoms with Crippen LogP contribution in [0.15, 0.2) is 24.3 Å². The lowest BCUT2D eigenvalue weighted by Crippen LogP contribution is -2.24. The highest BCUT2D eigenvalue weighted by Gasteiger charge is 2.05. The minimum atomic E-state index is 0.0159. The van der Waals surface area contributed by atoms with Gasteiger partial charge < -0.3 is 10.2 Å². The van der Waals surface area contributed by atoms with Gasteiger partial charge in [0.1, 0.15) is 0 Å². The summed E-state index contributed by atoms with van der Waals surface area (Å²) in [6.07, 6.45) is 2.20. The summed E-state index contributed by atoms with van der Waals surface area (Å²) in [4.78, 5) is 13.8. The summed E-state index contributed by atoms with van der Waals surface area (Å²) in [5.41, 5.74) is 1.77. The Morgan fingerprint density at radius 1 is 1.35 bits per heavy atom. The molecular formula is C13H19IN2O. The molecule has 0 unspecified atom stereocenters. The molecule has 4 heteroatoms. The molecule has 0 heterocycles. The predicted molar refractivity (Wildman–Crippen MR) is 81.2 cm³/mol. The van der Waals surface area contributed by atoms with Gasteiger partial charge in [-0.3, -0.25) is 4.79 Å². The molecule has 0 aromatic heterocycles. The van der Waals surface area contributed by atoms with Crippen molar-refractivity contribution in [3.63, 3.8) is 0 Å². The molecule has 0 aliphatic carbocycles. The molecule has 0 radical (unpaired) electrons. The first-order valence-electron chi connectivity index (χ1n) is 5.76. The minimum Gasteiger partial charge on any atom is -0.378 e. The zero-order valence-electron chi connectivity index (χ0n) is 10.4. The Labute approximate surface area is 117 Å². The maximum atomic E-state index is 11.9. The van der Waals surface area contributed by atoms with Gasteiger partial charge in [-0.25, -0.2) is 0 Å². The van der Waals surface area contributed by atoms with Crippen LogP contribution in [-0.2, 0) is 0 Å². The Kier molecular flexibility index (Phi) is 6.32. The zero-order chi connectivity index (χ0) is 12.7. The van der Waals surface area contributed by atoms with Crippen molar-refractivity contribution in [1.29, 1.82) is 0 Å². The topological polar surface area (TPSA) is 32.3 Å². The van der Waals surface area contributed by atoms with Crippen molar-refractivity contribution in [1.82, 2.24) is 5.32 Å². The summed E-state index contributed by atoms with van der Waals surface area (Å²) >= 11 is 2.35. The average molecular weight is 346 g/mol. The number of hydrogen-bond donors (Lipinski definition) is 1. The highest BCUT2D eigenvalue weighted by atomic mass is 127. The molecule has 1 aromatic carbocycles. The highest BCUT2D eigenvalue weighted by molar-refractivity contribution is 14.1. The first-order chi connectivity index (χ1) is 8.15. The number of nitrogens with one attached hydrogen (secondary N) is 1. The lowest BCUT2D eigenvalue weighted by atomic mass is 10.2. The van der Waals surface area contributed by atoms with E-state index in [2.05, 4.69) is 27.9 Å². The van der Waals surface area contributed by atoms with Crippen LogP contribution in [0.4, 0.5) is 5.69 Å². The van der Waals surface area contributed by atoms with Crippen LogP contribution in [0.25, 0.3) is 0 Å². The van der Waals surface area contributed by atoms with Crippen molar-refractivity contribution in [2.24, 2.45) is 0 Å². The summed E-state index contributed by atoms with van der Waals surface area (Å²) < 4.78 is 1.14. The van der Waals surface area contributed by atoms with Gasteiger partial charge in [0, 0.05) is 31.9 Å². The SMILES string of the molecule is CN(C)c1cccc(C(=O)NCCCCI)c1. The van der Waals surface area contributed by atoms with Gasteiger partial charge in [0.05, 0.1) is 0 Å². The predicted octanol–water partition coefficient (Wildman–Crippen LogP) is 2.70. The molecule has 1 amide bonds. The fourth-order valence-corrected chi connectivity index (χ4v) is 1.99. The molecule has 0 aliphatic rings. The van der Waals surface area contributed by atoms with Crippen LogP contribution in [-0.4, -0.2) is 31.0 Å². The number of nitrogens with zero attached hydrogens (tertiary/aromatic N) is 1. The molecule has 17 heavy (non-hydrogen) atoms. The highest BCUT2D eigenvalue weighted by Crippen LogP contribution is 2.13. The molecule has 1 rings (SSSR count). The fraction of sp³-hybridized carbons (Fsp3) is 0.462. The Bertz CT molecular complexity index is 366. The largest absolute Gasteiger partial charge is 0.378 e. The Balaban J connectivity index is 2.53. The quantitative estimate of drug-likeness (QED) is 0.488. The standard InChI is InChI=1S/C13H19IN2O/c1-16(2)12-7-5-6-11(10-12)13(17)15-9-4-3-8-14/h5-7,10H,3-4,8-9H2,1-2H3,(H,15,17). The van der Waals surface area contributed by atoms with Crippen molar-refractivity contribution in [3.05, 3.63) is 29.8 Å². The van der Waals surface area contributed by atoms with Gasteiger partial charge in [0.2, 0.25) is 0 Å². The maximum Gasteiger partial charge on any atom is 0.251 e. The van der Waals surface area contributed by atoms with E-state index in [1.807, 2.05) is 43.3 Å². The number of carbonyl (C=O) groups is 1. The van der Waals surface area contributed by atoms with Crippen molar-refractivity contribution in [2.75, 3.05) is 30.0 Å². The number of hydrogen-bond acceptors (Lipinski definition) is 2. The molecule has 0 atom stereocenters. The summed E-state index contributed by atoms with van der Waals surface area (Å²) in [7, 11) is 3.94. The van der Waals surface area contributed by atoms with Gasteiger partial charge in [0.25, 0.3) is 5.91 Å². The van der Waals surface area contributed by atoms with E-state index in [-0.39, 0.29) is 5.91 Å². The second kappa shape index (κ2) is 7.53. The first-order valence-corrected chi connectivity index (χ1v) is 7.29. The molecule has 94 valence electrons. The van der Waals surface area contributed by atoms with E-state index >= 15 is 0 Å². The molecule has 3 nitrogen and oxygen atoms in total. The lowest BCUT2D eigenvalue weighted by Gasteiger charge is -2.13. The third-order valence-electron chi connectivity index (χ3n) is 2.47. The molecule has 0 bridgehead atoms. The monoisotopic (exact) mass is 346 g/mol. The van der Waals surface area contributed by atoms with Gasteiger partial charge in [-0.05, 0) is 35.5 Å². The molecule has 0 spiro atoms. The molecule has 0 fully saturated rings. The van der Waals surface area contributed by atoms with Gasteiger partial charge in [-0.1, -0.05) is 28.7 Å². The molecule has 1 N–H and O–H groups in total.